The predicted octanol–water partition coefficient (Wildman–Crippen LogP) is 3.42. The van der Waals surface area contributed by atoms with Crippen LogP contribution in [0.4, 0.5) is 18.0 Å². The third-order valence-corrected chi connectivity index (χ3v) is 4.89. The van der Waals surface area contributed by atoms with Crippen LogP contribution in [-0.2, 0) is 19.2 Å². The van der Waals surface area contributed by atoms with Crippen LogP contribution in [0.1, 0.15) is 39.9 Å². The minimum atomic E-state index is -5.12. The Kier molecular flexibility index (Phi) is 7.35. The van der Waals surface area contributed by atoms with Gasteiger partial charge in [-0.2, -0.15) is 13.2 Å². The summed E-state index contributed by atoms with van der Waals surface area (Å²) in [6.45, 7) is 6.33. The number of thioether (sulfide) groups is 1. The van der Waals surface area contributed by atoms with Gasteiger partial charge in [0.1, 0.15) is 11.4 Å². The summed E-state index contributed by atoms with van der Waals surface area (Å²) < 4.78 is 44.0. The second-order valence-electron chi connectivity index (χ2n) is 7.48. The van der Waals surface area contributed by atoms with Crippen molar-refractivity contribution in [2.45, 2.75) is 51.1 Å². The van der Waals surface area contributed by atoms with Crippen LogP contribution in [-0.4, -0.2) is 61.9 Å². The Labute approximate surface area is 175 Å². The topological polar surface area (TPSA) is 90.7 Å². The molecule has 1 aromatic rings. The summed E-state index contributed by atoms with van der Waals surface area (Å²) in [7, 11) is 0. The van der Waals surface area contributed by atoms with Gasteiger partial charge < -0.3 is 9.57 Å². The number of hydroxylamine groups is 2. The van der Waals surface area contributed by atoms with E-state index in [1.54, 1.807) is 20.8 Å². The number of ether oxygens (including phenoxy) is 1. The fraction of sp³-hybridized carbons (Fsp3) is 0.556. The van der Waals surface area contributed by atoms with E-state index in [9.17, 15) is 27.6 Å². The van der Waals surface area contributed by atoms with E-state index in [0.29, 0.717) is 5.57 Å². The summed E-state index contributed by atoms with van der Waals surface area (Å²) in [4.78, 5) is 43.6. The minimum Gasteiger partial charge on any atom is -0.443 e. The molecule has 30 heavy (non-hydrogen) atoms. The largest absolute Gasteiger partial charge is 0.492 e. The van der Waals surface area contributed by atoms with Gasteiger partial charge in [-0.3, -0.25) is 4.79 Å². The fourth-order valence-electron chi connectivity index (χ4n) is 2.60. The Bertz CT molecular complexity index is 845. The molecule has 0 bridgehead atoms. The van der Waals surface area contributed by atoms with Gasteiger partial charge in [0.05, 0.1) is 6.54 Å². The normalized spacial score (nSPS) is 19.6. The van der Waals surface area contributed by atoms with E-state index >= 15 is 0 Å². The third-order valence-electron chi connectivity index (χ3n) is 3.74. The van der Waals surface area contributed by atoms with E-state index in [2.05, 4.69) is 9.82 Å². The third kappa shape index (κ3) is 6.87. The second-order valence-corrected chi connectivity index (χ2v) is 8.86. The van der Waals surface area contributed by atoms with Gasteiger partial charge >= 0.3 is 18.2 Å². The maximum Gasteiger partial charge on any atom is 0.492 e. The molecule has 1 unspecified atom stereocenters. The van der Waals surface area contributed by atoms with Crippen LogP contribution in [0.2, 0.25) is 0 Å². The average molecular weight is 449 g/mol. The van der Waals surface area contributed by atoms with Gasteiger partial charge in [-0.1, -0.05) is 11.8 Å². The van der Waals surface area contributed by atoms with Gasteiger partial charge in [0, 0.05) is 31.1 Å². The number of hydrogen-bond donors (Lipinski definition) is 0. The summed E-state index contributed by atoms with van der Waals surface area (Å²) in [5.41, 5.74) is -0.265. The smallest absolute Gasteiger partial charge is 0.443 e. The van der Waals surface area contributed by atoms with Crippen molar-refractivity contribution in [2.75, 3.05) is 13.1 Å². The van der Waals surface area contributed by atoms with Crippen LogP contribution in [0, 0.1) is 0 Å². The molecule has 0 aromatic carbocycles. The first-order chi connectivity index (χ1) is 13.8. The van der Waals surface area contributed by atoms with Crippen LogP contribution in [0.3, 0.4) is 0 Å². The molecule has 12 heteroatoms. The zero-order valence-electron chi connectivity index (χ0n) is 16.9. The minimum absolute atomic E-state index is 0.0185. The SMILES string of the molecule is CC(=O)SC1CCN(OC(=O)C(F)(F)F)C/C1=C\c1nccn1C(=O)OC(C)(C)C. The van der Waals surface area contributed by atoms with Crippen LogP contribution >= 0.6 is 11.8 Å². The van der Waals surface area contributed by atoms with Crippen LogP contribution < -0.4 is 0 Å². The van der Waals surface area contributed by atoms with Crippen molar-refractivity contribution < 1.29 is 37.1 Å². The summed E-state index contributed by atoms with van der Waals surface area (Å²) in [5.74, 6) is -2.15. The van der Waals surface area contributed by atoms with E-state index in [4.69, 9.17) is 4.74 Å². The highest BCUT2D eigenvalue weighted by Crippen LogP contribution is 2.31. The molecule has 1 atom stereocenters. The molecule has 8 nitrogen and oxygen atoms in total. The van der Waals surface area contributed by atoms with Crippen molar-refractivity contribution in [1.29, 1.82) is 0 Å². The molecule has 0 spiro atoms. The van der Waals surface area contributed by atoms with Gasteiger partial charge in [-0.15, -0.1) is 5.06 Å². The molecule has 1 aromatic heterocycles. The number of nitrogens with zero attached hydrogens (tertiary/aromatic N) is 3. The summed E-state index contributed by atoms with van der Waals surface area (Å²) in [6.07, 6.45) is -1.31. The lowest BCUT2D eigenvalue weighted by Gasteiger charge is -2.32. The highest BCUT2D eigenvalue weighted by Gasteiger charge is 2.43. The molecule has 0 radical (unpaired) electrons. The van der Waals surface area contributed by atoms with Crippen molar-refractivity contribution in [2.24, 2.45) is 0 Å². The molecule has 1 fully saturated rings. The Hall–Kier alpha value is -2.34. The Morgan fingerprint density at radius 2 is 1.93 bits per heavy atom. The zero-order valence-corrected chi connectivity index (χ0v) is 17.7. The van der Waals surface area contributed by atoms with Crippen LogP contribution in [0.25, 0.3) is 6.08 Å². The molecular weight excluding hydrogens is 427 g/mol. The van der Waals surface area contributed by atoms with Gasteiger partial charge in [-0.25, -0.2) is 19.1 Å². The van der Waals surface area contributed by atoms with E-state index in [0.717, 1.165) is 21.4 Å². The lowest BCUT2D eigenvalue weighted by Crippen LogP contribution is -2.41. The van der Waals surface area contributed by atoms with Crippen molar-refractivity contribution in [3.05, 3.63) is 23.8 Å². The molecule has 1 aliphatic rings. The van der Waals surface area contributed by atoms with Crippen molar-refractivity contribution in [3.8, 4) is 0 Å². The summed E-state index contributed by atoms with van der Waals surface area (Å²) >= 11 is 1.01. The standard InChI is InChI=1S/C18H22F3N3O5S/c1-11(25)30-13-5-7-23(29-15(26)18(19,20)21)10-12(13)9-14-22-6-8-24(14)16(27)28-17(2,3)4/h6,8-9,13H,5,7,10H2,1-4H3/b12-9+. The number of piperidine rings is 1. The van der Waals surface area contributed by atoms with Gasteiger partial charge in [0.2, 0.25) is 0 Å². The summed E-state index contributed by atoms with van der Waals surface area (Å²) in [5, 5.41) is 0.328. The predicted molar refractivity (Wildman–Crippen MR) is 102 cm³/mol. The van der Waals surface area contributed by atoms with Gasteiger partial charge in [0.25, 0.3) is 0 Å². The second kappa shape index (κ2) is 9.21. The summed E-state index contributed by atoms with van der Waals surface area (Å²) in [6, 6.07) is 0. The van der Waals surface area contributed by atoms with E-state index in [-0.39, 0.29) is 35.7 Å². The molecule has 166 valence electrons. The maximum absolute atomic E-state index is 12.5. The number of rotatable bonds is 3. The monoisotopic (exact) mass is 449 g/mol. The number of alkyl halides is 3. The van der Waals surface area contributed by atoms with Gasteiger partial charge in [-0.05, 0) is 38.8 Å². The van der Waals surface area contributed by atoms with Gasteiger partial charge in [0.15, 0.2) is 5.12 Å². The Morgan fingerprint density at radius 1 is 1.27 bits per heavy atom. The van der Waals surface area contributed by atoms with E-state index < -0.39 is 23.8 Å². The maximum atomic E-state index is 12.5. The number of carbonyl (C=O) groups is 3. The molecule has 1 saturated heterocycles. The molecular formula is C18H22F3N3O5S. The highest BCUT2D eigenvalue weighted by atomic mass is 32.2. The zero-order chi connectivity index (χ0) is 22.7. The average Bonchev–Trinajstić information content (AvgIpc) is 3.02. The molecule has 0 aliphatic carbocycles. The first kappa shape index (κ1) is 23.9. The van der Waals surface area contributed by atoms with Crippen LogP contribution in [0.5, 0.6) is 0 Å². The number of carbonyl (C=O) groups excluding carboxylic acids is 3. The number of imidazole rings is 1. The molecule has 2 heterocycles. The lowest BCUT2D eigenvalue weighted by molar-refractivity contribution is -0.238. The van der Waals surface area contributed by atoms with E-state index in [1.165, 1.54) is 25.4 Å². The molecule has 0 N–H and O–H groups in total. The molecule has 0 saturated carbocycles. The molecule has 0 amide bonds. The molecule has 1 aliphatic heterocycles. The number of halogens is 3. The number of hydrogen-bond acceptors (Lipinski definition) is 8. The lowest BCUT2D eigenvalue weighted by atomic mass is 10.1. The fourth-order valence-corrected chi connectivity index (χ4v) is 3.52. The van der Waals surface area contributed by atoms with Crippen LogP contribution in [0.15, 0.2) is 18.0 Å². The van der Waals surface area contributed by atoms with Crippen molar-refractivity contribution >= 4 is 35.0 Å². The first-order valence-electron chi connectivity index (χ1n) is 8.94. The molecule has 2 rings (SSSR count). The van der Waals surface area contributed by atoms with Crippen molar-refractivity contribution in [1.82, 2.24) is 14.6 Å². The highest BCUT2D eigenvalue weighted by molar-refractivity contribution is 8.14. The number of aromatic nitrogens is 2. The quantitative estimate of drug-likeness (QED) is 0.693. The van der Waals surface area contributed by atoms with Crippen molar-refractivity contribution in [3.63, 3.8) is 0 Å². The Balaban J connectivity index is 2.28. The van der Waals surface area contributed by atoms with E-state index in [1.807, 2.05) is 0 Å². The Morgan fingerprint density at radius 3 is 2.50 bits per heavy atom. The first-order valence-corrected chi connectivity index (χ1v) is 9.82.